The molecule has 2 saturated carbocycles. The first-order valence-corrected chi connectivity index (χ1v) is 11.1. The van der Waals surface area contributed by atoms with E-state index in [-0.39, 0.29) is 23.9 Å². The highest BCUT2D eigenvalue weighted by Gasteiger charge is 2.33. The van der Waals surface area contributed by atoms with E-state index in [2.05, 4.69) is 39.9 Å². The van der Waals surface area contributed by atoms with Gasteiger partial charge in [0, 0.05) is 18.0 Å². The van der Waals surface area contributed by atoms with Gasteiger partial charge in [-0.05, 0) is 56.4 Å². The highest BCUT2D eigenvalue weighted by molar-refractivity contribution is 5.94. The number of nitrogens with one attached hydrogen (secondary N) is 4. The van der Waals surface area contributed by atoms with E-state index in [4.69, 9.17) is 0 Å². The normalized spacial score (nSPS) is 25.2. The van der Waals surface area contributed by atoms with Crippen LogP contribution in [-0.4, -0.2) is 39.0 Å². The van der Waals surface area contributed by atoms with Crippen molar-refractivity contribution in [3.63, 3.8) is 0 Å². The second kappa shape index (κ2) is 9.42. The molecule has 1 heterocycles. The Kier molecular flexibility index (Phi) is 6.43. The predicted molar refractivity (Wildman–Crippen MR) is 118 cm³/mol. The van der Waals surface area contributed by atoms with Crippen LogP contribution in [0.5, 0.6) is 5.75 Å². The number of carbonyl (C=O) groups excluding carboxylic acids is 2. The van der Waals surface area contributed by atoms with E-state index in [1.54, 1.807) is 0 Å². The SMILES string of the molecule is O=C(N[C@@H]1CC[C@@H](C(=O)NC2CCC(c3ccccc3)CC2)C1)c1[nH]c(=O)[nH]c(=O)c1O. The molecular weight excluding hydrogens is 412 g/mol. The van der Waals surface area contributed by atoms with Crippen molar-refractivity contribution in [2.45, 2.75) is 62.9 Å². The molecule has 2 fully saturated rings. The van der Waals surface area contributed by atoms with E-state index in [9.17, 15) is 24.3 Å². The molecule has 32 heavy (non-hydrogen) atoms. The summed E-state index contributed by atoms with van der Waals surface area (Å²) in [4.78, 5) is 52.0. The van der Waals surface area contributed by atoms with E-state index in [0.29, 0.717) is 25.2 Å². The lowest BCUT2D eigenvalue weighted by atomic mass is 9.81. The molecule has 0 bridgehead atoms. The maximum absolute atomic E-state index is 12.8. The average molecular weight is 441 g/mol. The third-order valence-corrected chi connectivity index (χ3v) is 6.63. The molecule has 2 aromatic rings. The standard InChI is InChI=1S/C23H28N4O5/c28-19-18(26-23(32)27-22(19)31)21(30)25-17-11-8-15(12-17)20(29)24-16-9-6-14(7-10-16)13-4-2-1-3-5-13/h1-5,14-17,28H,6-12H2,(H,24,29)(H,25,30)(H2,26,27,31,32)/t14?,15-,16?,17-/m1/s1. The van der Waals surface area contributed by atoms with Crippen LogP contribution in [0.1, 0.15) is 66.9 Å². The molecule has 0 spiro atoms. The van der Waals surface area contributed by atoms with Gasteiger partial charge < -0.3 is 15.7 Å². The topological polar surface area (TPSA) is 144 Å². The van der Waals surface area contributed by atoms with Crippen molar-refractivity contribution < 1.29 is 14.7 Å². The second-order valence-electron chi connectivity index (χ2n) is 8.78. The summed E-state index contributed by atoms with van der Waals surface area (Å²) in [7, 11) is 0. The summed E-state index contributed by atoms with van der Waals surface area (Å²) in [5.41, 5.74) is -1.01. The van der Waals surface area contributed by atoms with Crippen LogP contribution in [0.4, 0.5) is 0 Å². The van der Waals surface area contributed by atoms with Gasteiger partial charge in [0.2, 0.25) is 11.7 Å². The fourth-order valence-electron chi connectivity index (χ4n) is 4.87. The zero-order chi connectivity index (χ0) is 22.7. The van der Waals surface area contributed by atoms with E-state index in [1.165, 1.54) is 5.56 Å². The lowest BCUT2D eigenvalue weighted by Crippen LogP contribution is -2.41. The summed E-state index contributed by atoms with van der Waals surface area (Å²) in [5, 5.41) is 15.6. The van der Waals surface area contributed by atoms with E-state index < -0.39 is 28.6 Å². The smallest absolute Gasteiger partial charge is 0.326 e. The van der Waals surface area contributed by atoms with Gasteiger partial charge in [0.25, 0.3) is 11.5 Å². The van der Waals surface area contributed by atoms with E-state index >= 15 is 0 Å². The van der Waals surface area contributed by atoms with Crippen molar-refractivity contribution in [3.8, 4) is 5.75 Å². The van der Waals surface area contributed by atoms with Crippen LogP contribution in [-0.2, 0) is 4.79 Å². The highest BCUT2D eigenvalue weighted by Crippen LogP contribution is 2.33. The molecule has 0 saturated heterocycles. The largest absolute Gasteiger partial charge is 0.501 e. The lowest BCUT2D eigenvalue weighted by Gasteiger charge is -2.30. The maximum Gasteiger partial charge on any atom is 0.326 e. The molecule has 2 atom stereocenters. The van der Waals surface area contributed by atoms with Gasteiger partial charge in [0.15, 0.2) is 5.69 Å². The number of aromatic hydroxyl groups is 1. The zero-order valence-corrected chi connectivity index (χ0v) is 17.7. The first kappa shape index (κ1) is 21.9. The number of hydrogen-bond donors (Lipinski definition) is 5. The molecule has 2 amide bonds. The van der Waals surface area contributed by atoms with Crippen molar-refractivity contribution in [1.29, 1.82) is 0 Å². The Balaban J connectivity index is 1.26. The molecule has 170 valence electrons. The molecular formula is C23H28N4O5. The molecule has 2 aliphatic rings. The van der Waals surface area contributed by atoms with Crippen molar-refractivity contribution in [3.05, 3.63) is 62.4 Å². The first-order chi connectivity index (χ1) is 15.4. The van der Waals surface area contributed by atoms with Crippen molar-refractivity contribution in [2.24, 2.45) is 5.92 Å². The summed E-state index contributed by atoms with van der Waals surface area (Å²) in [6.07, 6.45) is 5.74. The molecule has 0 radical (unpaired) electrons. The zero-order valence-electron chi connectivity index (χ0n) is 17.7. The van der Waals surface area contributed by atoms with Gasteiger partial charge in [0.1, 0.15) is 0 Å². The highest BCUT2D eigenvalue weighted by atomic mass is 16.3. The number of carbonyl (C=O) groups is 2. The van der Waals surface area contributed by atoms with Crippen molar-refractivity contribution in [1.82, 2.24) is 20.6 Å². The van der Waals surface area contributed by atoms with Crippen LogP contribution in [0.2, 0.25) is 0 Å². The van der Waals surface area contributed by atoms with Gasteiger partial charge in [-0.3, -0.25) is 24.4 Å². The molecule has 0 unspecified atom stereocenters. The molecule has 2 aliphatic carbocycles. The summed E-state index contributed by atoms with van der Waals surface area (Å²) in [5.74, 6) is -1.21. The van der Waals surface area contributed by atoms with Gasteiger partial charge in [-0.1, -0.05) is 30.3 Å². The second-order valence-corrected chi connectivity index (χ2v) is 8.78. The Labute approximate surface area is 184 Å². The number of rotatable bonds is 5. The predicted octanol–water partition coefficient (Wildman–Crippen LogP) is 1.51. The number of hydrogen-bond acceptors (Lipinski definition) is 5. The minimum Gasteiger partial charge on any atom is -0.501 e. The number of amides is 2. The molecule has 4 rings (SSSR count). The van der Waals surface area contributed by atoms with Crippen LogP contribution < -0.4 is 21.9 Å². The molecule has 1 aromatic heterocycles. The minimum absolute atomic E-state index is 0.0114. The van der Waals surface area contributed by atoms with Gasteiger partial charge in [-0.2, -0.15) is 0 Å². The third-order valence-electron chi connectivity index (χ3n) is 6.63. The number of aromatic amines is 2. The number of aromatic nitrogens is 2. The van der Waals surface area contributed by atoms with Crippen molar-refractivity contribution >= 4 is 11.8 Å². The molecule has 0 aliphatic heterocycles. The fourth-order valence-corrected chi connectivity index (χ4v) is 4.87. The van der Waals surface area contributed by atoms with Crippen LogP contribution in [0.15, 0.2) is 39.9 Å². The minimum atomic E-state index is -1.02. The van der Waals surface area contributed by atoms with Crippen LogP contribution in [0, 0.1) is 5.92 Å². The summed E-state index contributed by atoms with van der Waals surface area (Å²) in [6.45, 7) is 0. The number of benzene rings is 1. The van der Waals surface area contributed by atoms with Crippen LogP contribution >= 0.6 is 0 Å². The van der Waals surface area contributed by atoms with Gasteiger partial charge in [-0.15, -0.1) is 0 Å². The Morgan fingerprint density at radius 1 is 0.875 bits per heavy atom. The third kappa shape index (κ3) is 4.92. The Morgan fingerprint density at radius 3 is 2.28 bits per heavy atom. The molecule has 9 heteroatoms. The first-order valence-electron chi connectivity index (χ1n) is 11.1. The number of H-pyrrole nitrogens is 2. The van der Waals surface area contributed by atoms with Crippen molar-refractivity contribution in [2.75, 3.05) is 0 Å². The lowest BCUT2D eigenvalue weighted by molar-refractivity contribution is -0.125. The van der Waals surface area contributed by atoms with Gasteiger partial charge in [0.05, 0.1) is 0 Å². The Hall–Kier alpha value is -3.36. The quantitative estimate of drug-likeness (QED) is 0.479. The van der Waals surface area contributed by atoms with Crippen LogP contribution in [0.25, 0.3) is 0 Å². The van der Waals surface area contributed by atoms with E-state index in [0.717, 1.165) is 25.7 Å². The van der Waals surface area contributed by atoms with E-state index in [1.807, 2.05) is 11.1 Å². The average Bonchev–Trinajstić information content (AvgIpc) is 3.26. The fraction of sp³-hybridized carbons (Fsp3) is 0.478. The summed E-state index contributed by atoms with van der Waals surface area (Å²) >= 11 is 0. The van der Waals surface area contributed by atoms with Gasteiger partial charge >= 0.3 is 5.69 Å². The molecule has 5 N–H and O–H groups in total. The summed E-state index contributed by atoms with van der Waals surface area (Å²) in [6, 6.07) is 10.4. The Morgan fingerprint density at radius 2 is 1.56 bits per heavy atom. The molecule has 9 nitrogen and oxygen atoms in total. The van der Waals surface area contributed by atoms with Crippen LogP contribution in [0.3, 0.4) is 0 Å². The maximum atomic E-state index is 12.8. The molecule has 1 aromatic carbocycles. The van der Waals surface area contributed by atoms with Gasteiger partial charge in [-0.25, -0.2) is 4.79 Å². The Bertz CT molecular complexity index is 1090. The summed E-state index contributed by atoms with van der Waals surface area (Å²) < 4.78 is 0. The monoisotopic (exact) mass is 440 g/mol.